The summed E-state index contributed by atoms with van der Waals surface area (Å²) in [6, 6.07) is 17.1. The van der Waals surface area contributed by atoms with Gasteiger partial charge in [-0.25, -0.2) is 18.0 Å². The van der Waals surface area contributed by atoms with Gasteiger partial charge in [0, 0.05) is 12.6 Å². The fourth-order valence-corrected chi connectivity index (χ4v) is 6.99. The highest BCUT2D eigenvalue weighted by Gasteiger charge is 2.40. The second kappa shape index (κ2) is 11.8. The zero-order valence-electron chi connectivity index (χ0n) is 21.0. The predicted molar refractivity (Wildman–Crippen MR) is 148 cm³/mol. The number of ether oxygens (including phenoxy) is 1. The second-order valence-electron chi connectivity index (χ2n) is 8.99. The summed E-state index contributed by atoms with van der Waals surface area (Å²) in [5, 5.41) is 24.3. The number of benzene rings is 3. The molecule has 39 heavy (non-hydrogen) atoms. The summed E-state index contributed by atoms with van der Waals surface area (Å²) < 4.78 is 33.0. The number of hydrogen-bond donors (Lipinski definition) is 4. The van der Waals surface area contributed by atoms with Crippen LogP contribution in [0.5, 0.6) is 17.2 Å². The number of hydrogen-bond acceptors (Lipinski definition) is 6. The Morgan fingerprint density at radius 3 is 2.38 bits per heavy atom. The average Bonchev–Trinajstić information content (AvgIpc) is 2.91. The molecule has 0 aliphatic carbocycles. The Balaban J connectivity index is 1.54. The number of nitrogens with one attached hydrogen (secondary N) is 2. The number of phenols is 1. The molecule has 206 valence electrons. The van der Waals surface area contributed by atoms with Gasteiger partial charge >= 0.3 is 12.1 Å². The maximum atomic E-state index is 13.6. The molecule has 1 heterocycles. The van der Waals surface area contributed by atoms with E-state index in [1.807, 2.05) is 18.2 Å². The van der Waals surface area contributed by atoms with Crippen molar-refractivity contribution in [3.63, 3.8) is 0 Å². The minimum Gasteiger partial charge on any atom is -0.504 e. The van der Waals surface area contributed by atoms with Gasteiger partial charge in [0.05, 0.1) is 21.6 Å². The quantitative estimate of drug-likeness (QED) is 0.247. The lowest BCUT2D eigenvalue weighted by molar-refractivity contribution is 0.106. The fourth-order valence-electron chi connectivity index (χ4n) is 4.57. The van der Waals surface area contributed by atoms with E-state index >= 15 is 0 Å². The van der Waals surface area contributed by atoms with Gasteiger partial charge in [0.1, 0.15) is 10.6 Å². The van der Waals surface area contributed by atoms with E-state index in [1.54, 1.807) is 43.3 Å². The second-order valence-corrected chi connectivity index (χ2v) is 11.6. The SMILES string of the molecule is CCC1CC(S(=O)(=O)c2c(Cl)ccc(NC(=O)Nc3ccccc3Oc3ccccc3)c2O)CCN1C(=O)O. The Labute approximate surface area is 231 Å². The van der Waals surface area contributed by atoms with Crippen LogP contribution in [0.4, 0.5) is 21.0 Å². The summed E-state index contributed by atoms with van der Waals surface area (Å²) >= 11 is 6.23. The standard InChI is InChI=1S/C27H28ClN3O7S/c1-2-17-16-19(14-15-31(17)27(34)35)39(36,37)25-20(28)12-13-22(24(25)32)30-26(33)29-21-10-6-7-11-23(21)38-18-8-4-3-5-9-18/h3-13,17,19,32H,2,14-16H2,1H3,(H,34,35)(H2,29,30,33). The normalized spacial score (nSPS) is 17.3. The third-order valence-corrected chi connectivity index (χ3v) is 9.26. The molecule has 2 atom stereocenters. The number of para-hydroxylation sites is 3. The molecule has 1 fully saturated rings. The molecule has 1 aliphatic heterocycles. The van der Waals surface area contributed by atoms with Crippen LogP contribution in [0.25, 0.3) is 0 Å². The summed E-state index contributed by atoms with van der Waals surface area (Å²) in [6.07, 6.45) is -0.546. The Hall–Kier alpha value is -3.96. The van der Waals surface area contributed by atoms with E-state index < -0.39 is 43.9 Å². The summed E-state index contributed by atoms with van der Waals surface area (Å²) in [5.41, 5.74) is 0.183. The first kappa shape index (κ1) is 28.1. The van der Waals surface area contributed by atoms with Crippen LogP contribution in [-0.2, 0) is 9.84 Å². The number of nitrogens with zero attached hydrogens (tertiary/aromatic N) is 1. The van der Waals surface area contributed by atoms with Gasteiger partial charge in [-0.3, -0.25) is 0 Å². The van der Waals surface area contributed by atoms with Crippen molar-refractivity contribution >= 4 is 44.9 Å². The van der Waals surface area contributed by atoms with Gasteiger partial charge in [0.25, 0.3) is 0 Å². The van der Waals surface area contributed by atoms with Crippen molar-refractivity contribution < 1.29 is 33.0 Å². The molecule has 0 saturated carbocycles. The monoisotopic (exact) mass is 573 g/mol. The topological polar surface area (TPSA) is 145 Å². The van der Waals surface area contributed by atoms with Crippen LogP contribution in [0.15, 0.2) is 71.6 Å². The van der Waals surface area contributed by atoms with Crippen LogP contribution in [0.1, 0.15) is 26.2 Å². The average molecular weight is 574 g/mol. The van der Waals surface area contributed by atoms with Crippen LogP contribution in [-0.4, -0.2) is 53.5 Å². The number of likely N-dealkylation sites (tertiary alicyclic amines) is 1. The molecule has 2 unspecified atom stereocenters. The van der Waals surface area contributed by atoms with E-state index in [2.05, 4.69) is 10.6 Å². The Kier molecular flexibility index (Phi) is 8.51. The lowest BCUT2D eigenvalue weighted by atomic mass is 10.0. The number of piperidine rings is 1. The first-order valence-electron chi connectivity index (χ1n) is 12.3. The molecule has 12 heteroatoms. The summed E-state index contributed by atoms with van der Waals surface area (Å²) in [6.45, 7) is 1.83. The Morgan fingerprint density at radius 1 is 1.03 bits per heavy atom. The highest BCUT2D eigenvalue weighted by Crippen LogP contribution is 2.41. The van der Waals surface area contributed by atoms with Crippen LogP contribution in [0, 0.1) is 0 Å². The van der Waals surface area contributed by atoms with Crippen LogP contribution in [0.3, 0.4) is 0 Å². The summed E-state index contributed by atoms with van der Waals surface area (Å²) in [5.74, 6) is 0.248. The first-order chi connectivity index (χ1) is 18.6. The molecular weight excluding hydrogens is 546 g/mol. The van der Waals surface area contributed by atoms with Crippen molar-refractivity contribution in [3.05, 3.63) is 71.8 Å². The largest absolute Gasteiger partial charge is 0.504 e. The Morgan fingerprint density at radius 2 is 1.69 bits per heavy atom. The molecule has 3 aromatic carbocycles. The van der Waals surface area contributed by atoms with Gasteiger partial charge in [-0.15, -0.1) is 0 Å². The van der Waals surface area contributed by atoms with Gasteiger partial charge < -0.3 is 30.5 Å². The minimum absolute atomic E-state index is 0.0426. The molecule has 0 spiro atoms. The van der Waals surface area contributed by atoms with E-state index in [9.17, 15) is 28.2 Å². The number of carboxylic acid groups (broad SMARTS) is 1. The van der Waals surface area contributed by atoms with E-state index in [4.69, 9.17) is 16.3 Å². The molecule has 4 rings (SSSR count). The number of urea groups is 1. The number of rotatable bonds is 7. The smallest absolute Gasteiger partial charge is 0.407 e. The number of aromatic hydroxyl groups is 1. The van der Waals surface area contributed by atoms with Gasteiger partial charge in [0.15, 0.2) is 21.3 Å². The molecule has 1 saturated heterocycles. The molecule has 3 amide bonds. The number of phenolic OH excluding ortho intramolecular Hbond substituents is 1. The van der Waals surface area contributed by atoms with Crippen molar-refractivity contribution in [1.29, 1.82) is 0 Å². The third-order valence-electron chi connectivity index (χ3n) is 6.55. The molecule has 10 nitrogen and oxygen atoms in total. The van der Waals surface area contributed by atoms with Crippen molar-refractivity contribution in [2.24, 2.45) is 0 Å². The number of anilines is 2. The highest BCUT2D eigenvalue weighted by atomic mass is 35.5. The van der Waals surface area contributed by atoms with Gasteiger partial charge in [-0.1, -0.05) is 48.9 Å². The zero-order chi connectivity index (χ0) is 28.2. The van der Waals surface area contributed by atoms with Crippen molar-refractivity contribution in [1.82, 2.24) is 4.90 Å². The highest BCUT2D eigenvalue weighted by molar-refractivity contribution is 7.92. The molecular formula is C27H28ClN3O7S. The fraction of sp³-hybridized carbons (Fsp3) is 0.259. The minimum atomic E-state index is -4.17. The molecule has 1 aliphatic rings. The lowest BCUT2D eigenvalue weighted by Gasteiger charge is -2.37. The molecule has 3 aromatic rings. The summed E-state index contributed by atoms with van der Waals surface area (Å²) in [7, 11) is -4.17. The van der Waals surface area contributed by atoms with Crippen molar-refractivity contribution in [2.45, 2.75) is 42.4 Å². The van der Waals surface area contributed by atoms with Crippen molar-refractivity contribution in [2.75, 3.05) is 17.2 Å². The number of carbonyl (C=O) groups is 2. The Bertz CT molecular complexity index is 1470. The number of halogens is 1. The van der Waals surface area contributed by atoms with E-state index in [1.165, 1.54) is 17.0 Å². The molecule has 0 radical (unpaired) electrons. The van der Waals surface area contributed by atoms with Crippen LogP contribution < -0.4 is 15.4 Å². The molecule has 0 aromatic heterocycles. The maximum absolute atomic E-state index is 13.6. The third kappa shape index (κ3) is 6.21. The number of amides is 3. The lowest BCUT2D eigenvalue weighted by Crippen LogP contribution is -2.48. The van der Waals surface area contributed by atoms with E-state index in [0.29, 0.717) is 23.6 Å². The van der Waals surface area contributed by atoms with Gasteiger partial charge in [-0.05, 0) is 55.7 Å². The molecule has 4 N–H and O–H groups in total. The van der Waals surface area contributed by atoms with E-state index in [0.717, 1.165) is 0 Å². The predicted octanol–water partition coefficient (Wildman–Crippen LogP) is 6.18. The zero-order valence-corrected chi connectivity index (χ0v) is 22.6. The van der Waals surface area contributed by atoms with Gasteiger partial charge in [-0.2, -0.15) is 0 Å². The summed E-state index contributed by atoms with van der Waals surface area (Å²) in [4.78, 5) is 25.1. The van der Waals surface area contributed by atoms with Gasteiger partial charge in [0.2, 0.25) is 0 Å². The van der Waals surface area contributed by atoms with Crippen LogP contribution >= 0.6 is 11.6 Å². The number of sulfone groups is 1. The maximum Gasteiger partial charge on any atom is 0.407 e. The van der Waals surface area contributed by atoms with Crippen LogP contribution in [0.2, 0.25) is 5.02 Å². The van der Waals surface area contributed by atoms with E-state index in [-0.39, 0.29) is 30.1 Å². The van der Waals surface area contributed by atoms with Crippen molar-refractivity contribution in [3.8, 4) is 17.2 Å². The number of carbonyl (C=O) groups excluding carboxylic acids is 1. The molecule has 0 bridgehead atoms. The first-order valence-corrected chi connectivity index (χ1v) is 14.2.